The molecule has 114 heavy (non-hydrogen) atoms. The molecule has 2 saturated heterocycles. The molecule has 35 heteroatoms. The molecule has 10 rings (SSSR count). The Labute approximate surface area is 662 Å². The summed E-state index contributed by atoms with van der Waals surface area (Å²) in [6, 6.07) is 19.6. The normalized spacial score (nSPS) is 13.7. The fraction of sp³-hybridized carbons (Fsp3) is 0.329. The molecule has 0 bridgehead atoms. The minimum Gasteiger partial charge on any atom is -0.393 e. The number of nitrogens with zero attached hydrogens (tertiary/aromatic N) is 3. The maximum Gasteiger partial charge on any atom is 0.359 e. The third-order valence-corrected chi connectivity index (χ3v) is 20.0. The summed E-state index contributed by atoms with van der Waals surface area (Å²) >= 11 is 4.31. The van der Waals surface area contributed by atoms with Crippen molar-refractivity contribution in [1.82, 2.24) is 25.4 Å². The number of thiophene rings is 2. The molecule has 0 saturated carbocycles. The van der Waals surface area contributed by atoms with Crippen molar-refractivity contribution in [3.63, 3.8) is 0 Å². The molecule has 8 N–H and O–H groups in total. The van der Waals surface area contributed by atoms with Gasteiger partial charge >= 0.3 is 23.7 Å². The minimum atomic E-state index is -3.80. The second kappa shape index (κ2) is 37.0. The van der Waals surface area contributed by atoms with Gasteiger partial charge in [0.2, 0.25) is 5.95 Å². The standard InChI is InChI=1S/C22H21F5N2O2.C21H21F4N3O2.C18H18BrF3N2O2S.C18H19F3N2O2S/c1-12-9-15(11-19(24)20(12)25)28-21(31)14-3-4-18(23)17(10-14)22(26,27)13(2)29-7-5-16(30)6-8-29;1-12-9-15(11-19(23)26-12)27-20(30)14-3-4-18(22)17(10-14)21(24,25)13(2)28-7-5-16(29)6-8-28;1-9-7-10(5-6-12(9)20)23-15(25)13-8-11(19)14(27-13)18(21,22)16(26)24-17(2,3)4;1-10-7-12(5-6-13(10)19)22-15(24)14-8-11(9-26-14)18(20,21)16(25)23-17(2,3)4/h3-4,9-11,16,30H,2,5-8H2,1H3,(H,28,31);3-4,9-11,16,29H,2,5-8H2,1H3,(H,26,27,30);5-8H,1-4H3,(H,23,25)(H,24,26);5-9H,1-4H3,(H,22,24)(H,23,25). The topological polar surface area (TPSA) is 234 Å². The predicted molar refractivity (Wildman–Crippen MR) is 407 cm³/mol. The van der Waals surface area contributed by atoms with Crippen molar-refractivity contribution in [2.75, 3.05) is 47.4 Å². The van der Waals surface area contributed by atoms with Crippen LogP contribution in [-0.2, 0) is 33.3 Å². The Morgan fingerprint density at radius 1 is 0.465 bits per heavy atom. The van der Waals surface area contributed by atoms with Gasteiger partial charge in [-0.3, -0.25) is 28.8 Å². The number of hydrogen-bond donors (Lipinski definition) is 8. The van der Waals surface area contributed by atoms with Crippen molar-refractivity contribution in [3.05, 3.63) is 249 Å². The number of anilines is 4. The number of rotatable bonds is 18. The summed E-state index contributed by atoms with van der Waals surface area (Å²) in [7, 11) is 0. The average molecular weight is 1710 g/mol. The number of aliphatic hydroxyl groups excluding tert-OH is 2. The number of alkyl halides is 8. The van der Waals surface area contributed by atoms with E-state index >= 15 is 17.6 Å². The number of aryl methyl sites for hydroxylation is 4. The van der Waals surface area contributed by atoms with Crippen LogP contribution in [0.3, 0.4) is 0 Å². The molecule has 2 aliphatic rings. The van der Waals surface area contributed by atoms with E-state index in [9.17, 15) is 87.3 Å². The highest BCUT2D eigenvalue weighted by Crippen LogP contribution is 2.44. The zero-order chi connectivity index (χ0) is 85.2. The molecular formula is C79H79BrF15N9O8S2. The summed E-state index contributed by atoms with van der Waals surface area (Å²) in [6.45, 7) is 23.0. The van der Waals surface area contributed by atoms with E-state index < -0.39 is 156 Å². The largest absolute Gasteiger partial charge is 0.393 e. The molecule has 612 valence electrons. The fourth-order valence-electron chi connectivity index (χ4n) is 10.9. The summed E-state index contributed by atoms with van der Waals surface area (Å²) in [5, 5.41) is 34.4. The van der Waals surface area contributed by atoms with Gasteiger partial charge in [0.05, 0.1) is 49.4 Å². The van der Waals surface area contributed by atoms with Crippen molar-refractivity contribution in [2.24, 2.45) is 0 Å². The van der Waals surface area contributed by atoms with Crippen LogP contribution in [-0.4, -0.2) is 110 Å². The summed E-state index contributed by atoms with van der Waals surface area (Å²) in [5.41, 5.74) is -4.28. The summed E-state index contributed by atoms with van der Waals surface area (Å²) in [5.74, 6) is -27.2. The van der Waals surface area contributed by atoms with E-state index in [1.165, 1.54) is 78.2 Å². The van der Waals surface area contributed by atoms with Gasteiger partial charge in [-0.25, -0.2) is 31.3 Å². The second-order valence-electron chi connectivity index (χ2n) is 28.6. The van der Waals surface area contributed by atoms with Crippen molar-refractivity contribution in [1.29, 1.82) is 0 Å². The van der Waals surface area contributed by atoms with E-state index in [2.05, 4.69) is 66.0 Å². The first-order valence-corrected chi connectivity index (χ1v) is 37.1. The predicted octanol–water partition coefficient (Wildman–Crippen LogP) is 18.4. The van der Waals surface area contributed by atoms with E-state index in [1.807, 2.05) is 0 Å². The summed E-state index contributed by atoms with van der Waals surface area (Å²) in [4.78, 5) is 78.8. The number of likely N-dealkylation sites (tertiary alicyclic amines) is 2. The van der Waals surface area contributed by atoms with Gasteiger partial charge in [0.1, 0.15) is 23.3 Å². The molecule has 17 nitrogen and oxygen atoms in total. The lowest BCUT2D eigenvalue weighted by Gasteiger charge is -2.36. The highest BCUT2D eigenvalue weighted by Gasteiger charge is 2.48. The molecule has 0 unspecified atom stereocenters. The third-order valence-electron chi connectivity index (χ3n) is 17.0. The zero-order valence-electron chi connectivity index (χ0n) is 62.7. The van der Waals surface area contributed by atoms with Crippen LogP contribution >= 0.6 is 38.6 Å². The Morgan fingerprint density at radius 2 is 0.860 bits per heavy atom. The lowest BCUT2D eigenvalue weighted by Crippen LogP contribution is -2.47. The van der Waals surface area contributed by atoms with Crippen LogP contribution in [0.15, 0.2) is 144 Å². The molecule has 0 spiro atoms. The summed E-state index contributed by atoms with van der Waals surface area (Å²) < 4.78 is 213. The number of amides is 6. The smallest absolute Gasteiger partial charge is 0.359 e. The number of aromatic nitrogens is 1. The van der Waals surface area contributed by atoms with E-state index in [1.54, 1.807) is 55.4 Å². The van der Waals surface area contributed by atoms with Crippen LogP contribution in [0.2, 0.25) is 0 Å². The van der Waals surface area contributed by atoms with Crippen LogP contribution in [0.4, 0.5) is 88.6 Å². The van der Waals surface area contributed by atoms with Crippen LogP contribution < -0.4 is 31.9 Å². The van der Waals surface area contributed by atoms with Crippen molar-refractivity contribution in [3.8, 4) is 0 Å². The molecule has 5 aromatic carbocycles. The zero-order valence-corrected chi connectivity index (χ0v) is 66.0. The maximum atomic E-state index is 15.0. The number of nitrogens with one attached hydrogen (secondary N) is 6. The quantitative estimate of drug-likeness (QED) is 0.0297. The first-order chi connectivity index (χ1) is 52.8. The van der Waals surface area contributed by atoms with E-state index in [-0.39, 0.29) is 81.3 Å². The number of aliphatic hydroxyl groups is 2. The Hall–Kier alpha value is -10.1. The monoisotopic (exact) mass is 1710 g/mol. The minimum absolute atomic E-state index is 0.0120. The van der Waals surface area contributed by atoms with Gasteiger partial charge in [-0.1, -0.05) is 13.2 Å². The number of carbonyl (C=O) groups excluding carboxylic acids is 6. The highest BCUT2D eigenvalue weighted by atomic mass is 79.9. The number of pyridine rings is 1. The van der Waals surface area contributed by atoms with Gasteiger partial charge in [-0.05, 0) is 225 Å². The average Bonchev–Trinajstić information content (AvgIpc) is 0.962. The van der Waals surface area contributed by atoms with Gasteiger partial charge in [0, 0.05) is 104 Å². The van der Waals surface area contributed by atoms with Gasteiger partial charge < -0.3 is 51.9 Å². The van der Waals surface area contributed by atoms with Crippen LogP contribution in [0.1, 0.15) is 151 Å². The van der Waals surface area contributed by atoms with E-state index in [4.69, 9.17) is 0 Å². The van der Waals surface area contributed by atoms with Gasteiger partial charge in [-0.15, -0.1) is 22.7 Å². The van der Waals surface area contributed by atoms with Crippen molar-refractivity contribution in [2.45, 2.75) is 142 Å². The van der Waals surface area contributed by atoms with E-state index in [0.29, 0.717) is 58.4 Å². The molecule has 5 heterocycles. The van der Waals surface area contributed by atoms with Crippen LogP contribution in [0.5, 0.6) is 0 Å². The number of halogens is 16. The molecule has 3 aromatic heterocycles. The van der Waals surface area contributed by atoms with Crippen molar-refractivity contribution >= 4 is 96.8 Å². The molecule has 0 atom stereocenters. The van der Waals surface area contributed by atoms with Gasteiger partial charge in [0.15, 0.2) is 11.6 Å². The second-order valence-corrected chi connectivity index (χ2v) is 31.4. The molecular weight excluding hydrogens is 1630 g/mol. The lowest BCUT2D eigenvalue weighted by atomic mass is 9.99. The molecule has 8 aromatic rings. The molecule has 2 fully saturated rings. The van der Waals surface area contributed by atoms with Crippen molar-refractivity contribution < 1.29 is 105 Å². The Bertz CT molecular complexity index is 4890. The number of hydrogen-bond acceptors (Lipinski definition) is 13. The SMILES string of the molecule is C=C(N1CCC(O)CC1)C(F)(F)c1cc(C(=O)Nc2cc(C)c(F)c(F)c2)ccc1F.C=C(N1CCC(O)CC1)C(F)(F)c1cc(C(=O)Nc2cc(C)nc(F)c2)ccc1F.Cc1cc(NC(=O)c2cc(Br)c(C(F)(F)C(=O)NC(C)(C)C)s2)ccc1F.Cc1cc(NC(=O)c2cc(C(F)(F)C(=O)NC(C)(C)C)cs2)ccc1F. The summed E-state index contributed by atoms with van der Waals surface area (Å²) in [6.07, 6.45) is 0.0417. The molecule has 0 radical (unpaired) electrons. The van der Waals surface area contributed by atoms with Gasteiger partial charge in [0.25, 0.3) is 35.4 Å². The molecule has 0 aliphatic carbocycles. The van der Waals surface area contributed by atoms with Crippen LogP contribution in [0.25, 0.3) is 0 Å². The molecule has 2 aliphatic heterocycles. The number of piperidine rings is 2. The van der Waals surface area contributed by atoms with Crippen LogP contribution in [0, 0.1) is 68.5 Å². The van der Waals surface area contributed by atoms with Gasteiger partial charge in [-0.2, -0.15) is 39.5 Å². The number of carbonyl (C=O) groups is 6. The Kier molecular flexibility index (Phi) is 29.6. The number of allylic oxidation sites excluding steroid dienone is 2. The molecule has 6 amide bonds. The first-order valence-electron chi connectivity index (χ1n) is 34.6. The van der Waals surface area contributed by atoms with E-state index in [0.717, 1.165) is 65.2 Å². The Morgan fingerprint density at radius 3 is 1.27 bits per heavy atom. The Balaban J connectivity index is 0.000000211. The fourth-order valence-corrected chi connectivity index (χ4v) is 13.5. The third kappa shape index (κ3) is 23.8. The highest BCUT2D eigenvalue weighted by molar-refractivity contribution is 9.10. The first kappa shape index (κ1) is 91.1. The lowest BCUT2D eigenvalue weighted by molar-refractivity contribution is -0.148. The maximum absolute atomic E-state index is 15.0. The number of benzene rings is 5.